The van der Waals surface area contributed by atoms with Gasteiger partial charge >= 0.3 is 0 Å². The Labute approximate surface area is 146 Å². The molecule has 6 heteroatoms. The van der Waals surface area contributed by atoms with Gasteiger partial charge in [-0.15, -0.1) is 0 Å². The first-order valence-corrected chi connectivity index (χ1v) is 8.66. The molecule has 0 aliphatic carbocycles. The lowest BCUT2D eigenvalue weighted by atomic mass is 9.90. The van der Waals surface area contributed by atoms with Crippen LogP contribution in [0.5, 0.6) is 0 Å². The fourth-order valence-corrected chi connectivity index (χ4v) is 3.66. The van der Waals surface area contributed by atoms with E-state index in [-0.39, 0.29) is 0 Å². The SMILES string of the molecule is Cc1nc(N2CCC[C@@H](c3ccc(Cl)cc3)C2)c2cnn(C)c2n1. The first-order chi connectivity index (χ1) is 11.6. The summed E-state index contributed by atoms with van der Waals surface area (Å²) in [7, 11) is 1.92. The largest absolute Gasteiger partial charge is 0.355 e. The topological polar surface area (TPSA) is 46.8 Å². The monoisotopic (exact) mass is 341 g/mol. The van der Waals surface area contributed by atoms with Crippen molar-refractivity contribution < 1.29 is 0 Å². The molecule has 5 nitrogen and oxygen atoms in total. The van der Waals surface area contributed by atoms with Gasteiger partial charge in [0.05, 0.1) is 11.6 Å². The summed E-state index contributed by atoms with van der Waals surface area (Å²) in [6, 6.07) is 8.23. The molecule has 0 bridgehead atoms. The van der Waals surface area contributed by atoms with Gasteiger partial charge in [-0.25, -0.2) is 9.97 Å². The van der Waals surface area contributed by atoms with E-state index >= 15 is 0 Å². The molecule has 3 aromatic rings. The number of halogens is 1. The molecule has 1 atom stereocenters. The number of hydrogen-bond donors (Lipinski definition) is 0. The van der Waals surface area contributed by atoms with Crippen LogP contribution in [0.25, 0.3) is 11.0 Å². The van der Waals surface area contributed by atoms with Crippen molar-refractivity contribution in [2.75, 3.05) is 18.0 Å². The second kappa shape index (κ2) is 6.06. The van der Waals surface area contributed by atoms with E-state index in [1.165, 1.54) is 12.0 Å². The van der Waals surface area contributed by atoms with Crippen LogP contribution in [0.4, 0.5) is 5.82 Å². The fraction of sp³-hybridized carbons (Fsp3) is 0.389. The van der Waals surface area contributed by atoms with Gasteiger partial charge in [-0.2, -0.15) is 5.10 Å². The fourth-order valence-electron chi connectivity index (χ4n) is 3.53. The predicted molar refractivity (Wildman–Crippen MR) is 96.7 cm³/mol. The Kier molecular flexibility index (Phi) is 3.88. The summed E-state index contributed by atoms with van der Waals surface area (Å²) < 4.78 is 1.81. The van der Waals surface area contributed by atoms with Crippen LogP contribution in [0.15, 0.2) is 30.5 Å². The van der Waals surface area contributed by atoms with Crippen molar-refractivity contribution in [3.63, 3.8) is 0 Å². The number of rotatable bonds is 2. The molecule has 2 aromatic heterocycles. The summed E-state index contributed by atoms with van der Waals surface area (Å²) in [5.74, 6) is 2.29. The van der Waals surface area contributed by atoms with Crippen LogP contribution in [-0.4, -0.2) is 32.8 Å². The van der Waals surface area contributed by atoms with Crippen molar-refractivity contribution in [2.45, 2.75) is 25.7 Å². The minimum absolute atomic E-state index is 0.498. The third-order valence-electron chi connectivity index (χ3n) is 4.75. The van der Waals surface area contributed by atoms with Crippen LogP contribution < -0.4 is 4.90 Å². The standard InChI is InChI=1S/C18H20ClN5/c1-12-21-17-16(10-20-23(17)2)18(22-12)24-9-3-4-14(11-24)13-5-7-15(19)8-6-13/h5-8,10,14H,3-4,9,11H2,1-2H3/t14-/m1/s1. The molecule has 24 heavy (non-hydrogen) atoms. The smallest absolute Gasteiger partial charge is 0.163 e. The van der Waals surface area contributed by atoms with Crippen LogP contribution in [-0.2, 0) is 7.05 Å². The molecule has 1 aliphatic rings. The summed E-state index contributed by atoms with van der Waals surface area (Å²) in [6.45, 7) is 3.92. The van der Waals surface area contributed by atoms with Gasteiger partial charge in [0.2, 0.25) is 0 Å². The lowest BCUT2D eigenvalue weighted by molar-refractivity contribution is 0.507. The molecule has 0 amide bonds. The zero-order valence-electron chi connectivity index (χ0n) is 13.9. The molecule has 0 saturated carbocycles. The van der Waals surface area contributed by atoms with Crippen LogP contribution in [0, 0.1) is 6.92 Å². The second-order valence-electron chi connectivity index (χ2n) is 6.44. The van der Waals surface area contributed by atoms with Crippen molar-refractivity contribution in [3.05, 3.63) is 46.9 Å². The zero-order valence-corrected chi connectivity index (χ0v) is 14.7. The Morgan fingerprint density at radius 3 is 2.75 bits per heavy atom. The van der Waals surface area contributed by atoms with E-state index in [2.05, 4.69) is 27.1 Å². The maximum atomic E-state index is 6.02. The Hall–Kier alpha value is -2.14. The lowest BCUT2D eigenvalue weighted by Crippen LogP contribution is -2.35. The molecular weight excluding hydrogens is 322 g/mol. The molecule has 0 radical (unpaired) electrons. The van der Waals surface area contributed by atoms with Crippen LogP contribution in [0.1, 0.15) is 30.1 Å². The number of nitrogens with zero attached hydrogens (tertiary/aromatic N) is 5. The highest BCUT2D eigenvalue weighted by molar-refractivity contribution is 6.30. The summed E-state index contributed by atoms with van der Waals surface area (Å²) in [4.78, 5) is 11.6. The van der Waals surface area contributed by atoms with Crippen molar-refractivity contribution in [1.29, 1.82) is 0 Å². The minimum Gasteiger partial charge on any atom is -0.355 e. The minimum atomic E-state index is 0.498. The number of piperidine rings is 1. The summed E-state index contributed by atoms with van der Waals surface area (Å²) in [6.07, 6.45) is 4.21. The Morgan fingerprint density at radius 2 is 1.96 bits per heavy atom. The van der Waals surface area contributed by atoms with E-state index in [0.29, 0.717) is 5.92 Å². The molecule has 1 saturated heterocycles. The second-order valence-corrected chi connectivity index (χ2v) is 6.87. The van der Waals surface area contributed by atoms with Crippen LogP contribution in [0.2, 0.25) is 5.02 Å². The third kappa shape index (κ3) is 2.73. The van der Waals surface area contributed by atoms with E-state index in [9.17, 15) is 0 Å². The summed E-state index contributed by atoms with van der Waals surface area (Å²) in [5.41, 5.74) is 2.24. The van der Waals surface area contributed by atoms with Crippen molar-refractivity contribution in [1.82, 2.24) is 19.7 Å². The molecule has 3 heterocycles. The van der Waals surface area contributed by atoms with E-state index < -0.39 is 0 Å². The Balaban J connectivity index is 1.68. The van der Waals surface area contributed by atoms with E-state index in [4.69, 9.17) is 16.6 Å². The Morgan fingerprint density at radius 1 is 1.17 bits per heavy atom. The molecule has 4 rings (SSSR count). The molecule has 0 unspecified atom stereocenters. The van der Waals surface area contributed by atoms with Gasteiger partial charge in [0.15, 0.2) is 5.65 Å². The molecule has 1 aromatic carbocycles. The normalized spacial score (nSPS) is 18.3. The van der Waals surface area contributed by atoms with E-state index in [0.717, 1.165) is 47.2 Å². The van der Waals surface area contributed by atoms with Gasteiger partial charge in [-0.1, -0.05) is 23.7 Å². The zero-order chi connectivity index (χ0) is 16.7. The van der Waals surface area contributed by atoms with Gasteiger partial charge < -0.3 is 4.90 Å². The number of benzene rings is 1. The first-order valence-electron chi connectivity index (χ1n) is 8.28. The number of anilines is 1. The lowest BCUT2D eigenvalue weighted by Gasteiger charge is -2.34. The van der Waals surface area contributed by atoms with Crippen molar-refractivity contribution >= 4 is 28.5 Å². The predicted octanol–water partition coefficient (Wildman–Crippen LogP) is 3.71. The average molecular weight is 342 g/mol. The van der Waals surface area contributed by atoms with Gasteiger partial charge in [-0.05, 0) is 37.5 Å². The number of hydrogen-bond acceptors (Lipinski definition) is 4. The maximum Gasteiger partial charge on any atom is 0.163 e. The highest BCUT2D eigenvalue weighted by atomic mass is 35.5. The van der Waals surface area contributed by atoms with Gasteiger partial charge in [0, 0.05) is 31.1 Å². The van der Waals surface area contributed by atoms with Crippen LogP contribution >= 0.6 is 11.6 Å². The molecule has 1 aliphatic heterocycles. The van der Waals surface area contributed by atoms with Gasteiger partial charge in [0.25, 0.3) is 0 Å². The molecule has 124 valence electrons. The van der Waals surface area contributed by atoms with E-state index in [1.54, 1.807) is 0 Å². The van der Waals surface area contributed by atoms with E-state index in [1.807, 2.05) is 37.0 Å². The number of aromatic nitrogens is 4. The maximum absolute atomic E-state index is 6.02. The number of fused-ring (bicyclic) bond motifs is 1. The first kappa shape index (κ1) is 15.4. The molecule has 1 fully saturated rings. The van der Waals surface area contributed by atoms with Crippen LogP contribution in [0.3, 0.4) is 0 Å². The highest BCUT2D eigenvalue weighted by Crippen LogP contribution is 2.32. The van der Waals surface area contributed by atoms with Crippen molar-refractivity contribution in [2.24, 2.45) is 7.05 Å². The number of aryl methyl sites for hydroxylation is 2. The molecular formula is C18H20ClN5. The Bertz CT molecular complexity index is 871. The molecule has 0 N–H and O–H groups in total. The quantitative estimate of drug-likeness (QED) is 0.713. The third-order valence-corrected chi connectivity index (χ3v) is 5.00. The van der Waals surface area contributed by atoms with Gasteiger partial charge in [0.1, 0.15) is 11.6 Å². The molecule has 0 spiro atoms. The highest BCUT2D eigenvalue weighted by Gasteiger charge is 2.24. The average Bonchev–Trinajstić information content (AvgIpc) is 2.96. The summed E-state index contributed by atoms with van der Waals surface area (Å²) in [5, 5.41) is 6.17. The summed E-state index contributed by atoms with van der Waals surface area (Å²) >= 11 is 6.02. The van der Waals surface area contributed by atoms with Gasteiger partial charge in [-0.3, -0.25) is 4.68 Å². The van der Waals surface area contributed by atoms with Crippen molar-refractivity contribution in [3.8, 4) is 0 Å².